The molecule has 6 N–H and O–H groups in total. The quantitative estimate of drug-likeness (QED) is 0.0376. The predicted octanol–water partition coefficient (Wildman–Crippen LogP) is 9.34. The molecule has 6 aromatic rings. The third-order valence-corrected chi connectivity index (χ3v) is 10.4. The van der Waals surface area contributed by atoms with Crippen LogP contribution in [0.2, 0.25) is 0 Å². The maximum absolute atomic E-state index is 11.4. The van der Waals surface area contributed by atoms with Crippen molar-refractivity contribution >= 4 is 11.4 Å². The summed E-state index contributed by atoms with van der Waals surface area (Å²) in [6.07, 6.45) is 2.75. The molecule has 0 saturated heterocycles. The van der Waals surface area contributed by atoms with E-state index in [2.05, 4.69) is 58.3 Å². The van der Waals surface area contributed by atoms with E-state index in [1.807, 2.05) is 109 Å². The molecule has 0 aliphatic rings. The van der Waals surface area contributed by atoms with Crippen LogP contribution in [0.15, 0.2) is 158 Å². The molecule has 6 rings (SSSR count). The number of ether oxygens (including phenoxy) is 2. The minimum absolute atomic E-state index is 0.432. The molecular weight excluding hydrogens is 721 g/mol. The number of hydrogen-bond donors (Lipinski definition) is 4. The number of nitrogens with zero attached hydrogens (tertiary/aromatic N) is 2. The summed E-state index contributed by atoms with van der Waals surface area (Å²) in [6, 6.07) is 52.0. The third kappa shape index (κ3) is 13.5. The second-order valence-electron chi connectivity index (χ2n) is 15.0. The van der Waals surface area contributed by atoms with Gasteiger partial charge in [-0.25, -0.2) is 0 Å². The van der Waals surface area contributed by atoms with Crippen molar-refractivity contribution in [3.8, 4) is 11.5 Å². The highest BCUT2D eigenvalue weighted by molar-refractivity contribution is 5.55. The highest BCUT2D eigenvalue weighted by Gasteiger charge is 2.18. The Morgan fingerprint density at radius 3 is 1.12 bits per heavy atom. The van der Waals surface area contributed by atoms with Crippen LogP contribution < -0.4 is 20.9 Å². The zero-order valence-corrected chi connectivity index (χ0v) is 33.4. The van der Waals surface area contributed by atoms with Crippen molar-refractivity contribution in [2.45, 2.75) is 64.2 Å². The van der Waals surface area contributed by atoms with Gasteiger partial charge in [-0.15, -0.1) is 0 Å². The molecule has 0 aliphatic heterocycles. The molecule has 0 amide bonds. The van der Waals surface area contributed by atoms with Gasteiger partial charge in [0.05, 0.1) is 23.6 Å². The van der Waals surface area contributed by atoms with Gasteiger partial charge in [0.25, 0.3) is 0 Å². The third-order valence-electron chi connectivity index (χ3n) is 10.4. The molecule has 302 valence electrons. The molecule has 6 aromatic carbocycles. The summed E-state index contributed by atoms with van der Waals surface area (Å²) in [7, 11) is 0. The van der Waals surface area contributed by atoms with E-state index < -0.39 is 12.2 Å². The lowest BCUT2D eigenvalue weighted by atomic mass is 10.1. The standard InChI is InChI=1S/C50H58N4O4/c51-45-31-43(25-27-49(45)57-37-41-21-11-5-12-22-41)47(55)35-53(33-39-17-7-3-8-18-39)29-15-1-2-16-30-54(34-40-19-9-4-10-20-40)36-48(56)44-26-28-50(46(52)32-44)58-38-42-23-13-6-14-24-42/h3-14,17-28,31-32,47-48,55-56H,1-2,15-16,29-30,33-38,51-52H2. The first-order valence-electron chi connectivity index (χ1n) is 20.4. The van der Waals surface area contributed by atoms with E-state index in [9.17, 15) is 10.2 Å². The van der Waals surface area contributed by atoms with Gasteiger partial charge in [0.2, 0.25) is 0 Å². The topological polar surface area (TPSA) is 117 Å². The Balaban J connectivity index is 0.998. The zero-order valence-electron chi connectivity index (χ0n) is 33.4. The molecule has 8 nitrogen and oxygen atoms in total. The number of nitrogens with two attached hydrogens (primary N) is 2. The molecule has 0 saturated carbocycles. The number of hydrogen-bond acceptors (Lipinski definition) is 8. The highest BCUT2D eigenvalue weighted by Crippen LogP contribution is 2.29. The molecule has 2 atom stereocenters. The van der Waals surface area contributed by atoms with Crippen LogP contribution in [-0.2, 0) is 26.3 Å². The van der Waals surface area contributed by atoms with Crippen molar-refractivity contribution in [1.29, 1.82) is 0 Å². The monoisotopic (exact) mass is 778 g/mol. The fourth-order valence-electron chi connectivity index (χ4n) is 7.16. The average molecular weight is 779 g/mol. The molecule has 0 spiro atoms. The number of benzene rings is 6. The summed E-state index contributed by atoms with van der Waals surface area (Å²) in [6.45, 7) is 5.06. The van der Waals surface area contributed by atoms with E-state index in [1.165, 1.54) is 11.1 Å². The van der Waals surface area contributed by atoms with Gasteiger partial charge in [0.15, 0.2) is 0 Å². The first-order chi connectivity index (χ1) is 28.4. The smallest absolute Gasteiger partial charge is 0.142 e. The van der Waals surface area contributed by atoms with Crippen molar-refractivity contribution < 1.29 is 19.7 Å². The summed E-state index contributed by atoms with van der Waals surface area (Å²) in [5, 5.41) is 22.8. The van der Waals surface area contributed by atoms with Crippen molar-refractivity contribution in [1.82, 2.24) is 9.80 Å². The Morgan fingerprint density at radius 2 is 0.776 bits per heavy atom. The minimum Gasteiger partial charge on any atom is -0.487 e. The Labute approximate surface area is 344 Å². The molecule has 58 heavy (non-hydrogen) atoms. The number of nitrogen functional groups attached to an aromatic ring is 2. The summed E-state index contributed by atoms with van der Waals surface area (Å²) in [5.74, 6) is 1.22. The van der Waals surface area contributed by atoms with Gasteiger partial charge in [0.1, 0.15) is 24.7 Å². The van der Waals surface area contributed by atoms with E-state index in [0.29, 0.717) is 49.2 Å². The molecule has 0 aromatic heterocycles. The van der Waals surface area contributed by atoms with E-state index in [1.54, 1.807) is 0 Å². The van der Waals surface area contributed by atoms with Crippen LogP contribution >= 0.6 is 0 Å². The largest absolute Gasteiger partial charge is 0.487 e. The molecule has 0 aliphatic carbocycles. The Kier molecular flexibility index (Phi) is 16.2. The van der Waals surface area contributed by atoms with Gasteiger partial charge in [-0.05, 0) is 83.6 Å². The fourth-order valence-corrected chi connectivity index (χ4v) is 7.16. The van der Waals surface area contributed by atoms with Gasteiger partial charge < -0.3 is 31.2 Å². The predicted molar refractivity (Wildman–Crippen MR) is 235 cm³/mol. The lowest BCUT2D eigenvalue weighted by Crippen LogP contribution is -2.30. The molecule has 0 heterocycles. The molecule has 0 fully saturated rings. The zero-order chi connectivity index (χ0) is 40.4. The van der Waals surface area contributed by atoms with Crippen LogP contribution in [0.5, 0.6) is 11.5 Å². The maximum atomic E-state index is 11.4. The maximum Gasteiger partial charge on any atom is 0.142 e. The lowest BCUT2D eigenvalue weighted by molar-refractivity contribution is 0.105. The van der Waals surface area contributed by atoms with Crippen molar-refractivity contribution in [2.75, 3.05) is 37.6 Å². The van der Waals surface area contributed by atoms with Crippen LogP contribution in [0.25, 0.3) is 0 Å². The first-order valence-corrected chi connectivity index (χ1v) is 20.4. The van der Waals surface area contributed by atoms with Crippen LogP contribution in [0, 0.1) is 0 Å². The van der Waals surface area contributed by atoms with E-state index >= 15 is 0 Å². The summed E-state index contributed by atoms with van der Waals surface area (Å²) in [4.78, 5) is 4.66. The van der Waals surface area contributed by atoms with E-state index in [4.69, 9.17) is 20.9 Å². The number of rotatable bonds is 23. The van der Waals surface area contributed by atoms with Gasteiger partial charge in [-0.3, -0.25) is 9.80 Å². The summed E-state index contributed by atoms with van der Waals surface area (Å²) >= 11 is 0. The summed E-state index contributed by atoms with van der Waals surface area (Å²) < 4.78 is 11.9. The fraction of sp³-hybridized carbons (Fsp3) is 0.280. The molecular formula is C50H58N4O4. The Bertz CT molecular complexity index is 1920. The normalized spacial score (nSPS) is 12.4. The van der Waals surface area contributed by atoms with Crippen molar-refractivity contribution in [3.63, 3.8) is 0 Å². The van der Waals surface area contributed by atoms with Crippen molar-refractivity contribution in [3.05, 3.63) is 191 Å². The number of aliphatic hydroxyl groups excluding tert-OH is 2. The van der Waals surface area contributed by atoms with Gasteiger partial charge in [0, 0.05) is 26.2 Å². The first kappa shape index (κ1) is 42.0. The number of unbranched alkanes of at least 4 members (excludes halogenated alkanes) is 3. The lowest BCUT2D eigenvalue weighted by Gasteiger charge is -2.27. The molecule has 2 unspecified atom stereocenters. The van der Waals surface area contributed by atoms with Crippen LogP contribution in [0.1, 0.15) is 71.3 Å². The highest BCUT2D eigenvalue weighted by atomic mass is 16.5. The van der Waals surface area contributed by atoms with Crippen LogP contribution in [0.3, 0.4) is 0 Å². The second-order valence-corrected chi connectivity index (χ2v) is 15.0. The van der Waals surface area contributed by atoms with Crippen LogP contribution in [-0.4, -0.2) is 46.2 Å². The van der Waals surface area contributed by atoms with Gasteiger partial charge >= 0.3 is 0 Å². The van der Waals surface area contributed by atoms with Gasteiger partial charge in [-0.1, -0.05) is 146 Å². The van der Waals surface area contributed by atoms with Crippen molar-refractivity contribution in [2.24, 2.45) is 0 Å². The Morgan fingerprint density at radius 1 is 0.431 bits per heavy atom. The second kappa shape index (κ2) is 22.3. The minimum atomic E-state index is -0.694. The van der Waals surface area contributed by atoms with Gasteiger partial charge in [-0.2, -0.15) is 0 Å². The molecule has 0 radical (unpaired) electrons. The van der Waals surface area contributed by atoms with Crippen LogP contribution in [0.4, 0.5) is 11.4 Å². The van der Waals surface area contributed by atoms with E-state index in [-0.39, 0.29) is 0 Å². The SMILES string of the molecule is Nc1cc(C(O)CN(CCCCCCN(Cc2ccccc2)CC(O)c2ccc(OCc3ccccc3)c(N)c2)Cc2ccccc2)ccc1OCc1ccccc1. The molecule has 0 bridgehead atoms. The van der Waals surface area contributed by atoms with E-state index in [0.717, 1.165) is 74.1 Å². The molecule has 8 heteroatoms. The average Bonchev–Trinajstić information content (AvgIpc) is 3.25. The number of aliphatic hydroxyl groups is 2. The summed E-state index contributed by atoms with van der Waals surface area (Å²) in [5.41, 5.74) is 19.9. The number of anilines is 2. The Hall–Kier alpha value is -5.64.